The van der Waals surface area contributed by atoms with Crippen LogP contribution >= 0.6 is 0 Å². The van der Waals surface area contributed by atoms with E-state index in [0.717, 1.165) is 28.4 Å². The van der Waals surface area contributed by atoms with Crippen LogP contribution in [0.5, 0.6) is 11.5 Å². The summed E-state index contributed by atoms with van der Waals surface area (Å²) >= 11 is 0. The highest BCUT2D eigenvalue weighted by Gasteiger charge is 2.23. The zero-order valence-electron chi connectivity index (χ0n) is 10.6. The molecule has 3 N–H and O–H groups in total. The molecule has 1 aliphatic rings. The number of nitrogens with zero attached hydrogens (tertiary/aromatic N) is 1. The van der Waals surface area contributed by atoms with Gasteiger partial charge in [0.15, 0.2) is 11.5 Å². The van der Waals surface area contributed by atoms with Gasteiger partial charge in [-0.15, -0.1) is 0 Å². The van der Waals surface area contributed by atoms with Crippen molar-refractivity contribution in [2.24, 2.45) is 5.73 Å². The summed E-state index contributed by atoms with van der Waals surface area (Å²) < 4.78 is 11.1. The quantitative estimate of drug-likeness (QED) is 0.844. The molecular formula is C13H17N3O2. The Morgan fingerprint density at radius 1 is 1.28 bits per heavy atom. The number of H-pyrrole nitrogens is 1. The van der Waals surface area contributed by atoms with Crippen LogP contribution < -0.4 is 15.2 Å². The topological polar surface area (TPSA) is 73.2 Å². The van der Waals surface area contributed by atoms with Crippen LogP contribution in [0.1, 0.15) is 19.7 Å². The van der Waals surface area contributed by atoms with Gasteiger partial charge in [0.2, 0.25) is 0 Å². The van der Waals surface area contributed by atoms with Crippen molar-refractivity contribution in [2.45, 2.75) is 19.3 Å². The number of ether oxygens (including phenoxy) is 2. The molecule has 0 spiro atoms. The highest BCUT2D eigenvalue weighted by molar-refractivity contribution is 5.80. The van der Waals surface area contributed by atoms with Gasteiger partial charge in [0.05, 0.1) is 11.0 Å². The van der Waals surface area contributed by atoms with Gasteiger partial charge in [-0.3, -0.25) is 0 Å². The molecule has 2 aromatic rings. The second-order valence-electron chi connectivity index (χ2n) is 5.19. The summed E-state index contributed by atoms with van der Waals surface area (Å²) in [5.41, 5.74) is 7.45. The Labute approximate surface area is 105 Å². The second-order valence-corrected chi connectivity index (χ2v) is 5.19. The van der Waals surface area contributed by atoms with Crippen LogP contribution in [0.15, 0.2) is 12.1 Å². The lowest BCUT2D eigenvalue weighted by atomic mass is 9.93. The van der Waals surface area contributed by atoms with Crippen molar-refractivity contribution in [1.29, 1.82) is 0 Å². The number of fused-ring (bicyclic) bond motifs is 2. The number of nitrogens with two attached hydrogens (primary N) is 1. The lowest BCUT2D eigenvalue weighted by Gasteiger charge is -2.18. The highest BCUT2D eigenvalue weighted by atomic mass is 16.6. The average Bonchev–Trinajstić information content (AvgIpc) is 2.79. The summed E-state index contributed by atoms with van der Waals surface area (Å²) in [6.45, 7) is 5.85. The van der Waals surface area contributed by atoms with E-state index >= 15 is 0 Å². The van der Waals surface area contributed by atoms with Crippen molar-refractivity contribution in [3.63, 3.8) is 0 Å². The Morgan fingerprint density at radius 3 is 2.61 bits per heavy atom. The minimum atomic E-state index is -0.165. The summed E-state index contributed by atoms with van der Waals surface area (Å²) in [5, 5.41) is 0. The molecule has 5 heteroatoms. The summed E-state index contributed by atoms with van der Waals surface area (Å²) in [7, 11) is 0. The number of rotatable bonds is 2. The van der Waals surface area contributed by atoms with Crippen LogP contribution in [-0.2, 0) is 5.41 Å². The van der Waals surface area contributed by atoms with Gasteiger partial charge >= 0.3 is 0 Å². The highest BCUT2D eigenvalue weighted by Crippen LogP contribution is 2.34. The van der Waals surface area contributed by atoms with Crippen LogP contribution in [0.4, 0.5) is 0 Å². The van der Waals surface area contributed by atoms with Gasteiger partial charge < -0.3 is 20.2 Å². The van der Waals surface area contributed by atoms with Crippen molar-refractivity contribution in [1.82, 2.24) is 9.97 Å². The Hall–Kier alpha value is -1.75. The van der Waals surface area contributed by atoms with E-state index in [2.05, 4.69) is 23.8 Å². The maximum Gasteiger partial charge on any atom is 0.163 e. The first-order valence-electron chi connectivity index (χ1n) is 6.10. The molecule has 0 radical (unpaired) electrons. The zero-order chi connectivity index (χ0) is 12.8. The molecule has 0 atom stereocenters. The van der Waals surface area contributed by atoms with Gasteiger partial charge in [0.25, 0.3) is 0 Å². The number of aromatic nitrogens is 2. The van der Waals surface area contributed by atoms with Gasteiger partial charge in [-0.2, -0.15) is 0 Å². The fourth-order valence-electron chi connectivity index (χ4n) is 1.96. The molecule has 5 nitrogen and oxygen atoms in total. The van der Waals surface area contributed by atoms with Crippen LogP contribution in [-0.4, -0.2) is 29.7 Å². The average molecular weight is 247 g/mol. The van der Waals surface area contributed by atoms with Crippen molar-refractivity contribution in [2.75, 3.05) is 19.8 Å². The molecule has 0 fully saturated rings. The number of imidazole rings is 1. The molecule has 0 saturated heterocycles. The smallest absolute Gasteiger partial charge is 0.163 e. The van der Waals surface area contributed by atoms with E-state index in [-0.39, 0.29) is 5.41 Å². The molecule has 96 valence electrons. The van der Waals surface area contributed by atoms with Crippen molar-refractivity contribution in [3.05, 3.63) is 18.0 Å². The standard InChI is InChI=1S/C13H17N3O2/c1-13(2,7-14)12-15-8-5-10-11(6-9(8)16-12)18-4-3-17-10/h5-6H,3-4,7,14H2,1-2H3,(H,15,16). The van der Waals surface area contributed by atoms with Gasteiger partial charge in [0.1, 0.15) is 19.0 Å². The number of hydrogen-bond donors (Lipinski definition) is 2. The summed E-state index contributed by atoms with van der Waals surface area (Å²) in [5.74, 6) is 2.43. The third-order valence-corrected chi connectivity index (χ3v) is 3.30. The van der Waals surface area contributed by atoms with Gasteiger partial charge in [-0.1, -0.05) is 13.8 Å². The van der Waals surface area contributed by atoms with Crippen LogP contribution in [0, 0.1) is 0 Å². The summed E-state index contributed by atoms with van der Waals surface area (Å²) in [4.78, 5) is 7.90. The van der Waals surface area contributed by atoms with Gasteiger partial charge in [-0.25, -0.2) is 4.98 Å². The SMILES string of the molecule is CC(C)(CN)c1nc2cc3c(cc2[nH]1)OCCO3. The number of nitrogens with one attached hydrogen (secondary N) is 1. The minimum absolute atomic E-state index is 0.165. The Morgan fingerprint density at radius 2 is 1.94 bits per heavy atom. The van der Waals surface area contributed by atoms with E-state index < -0.39 is 0 Å². The minimum Gasteiger partial charge on any atom is -0.486 e. The summed E-state index contributed by atoms with van der Waals surface area (Å²) in [6.07, 6.45) is 0. The van der Waals surface area contributed by atoms with Crippen LogP contribution in [0.25, 0.3) is 11.0 Å². The molecule has 18 heavy (non-hydrogen) atoms. The monoisotopic (exact) mass is 247 g/mol. The predicted molar refractivity (Wildman–Crippen MR) is 69.2 cm³/mol. The molecule has 0 amide bonds. The number of hydrogen-bond acceptors (Lipinski definition) is 4. The van der Waals surface area contributed by atoms with Crippen LogP contribution in [0.3, 0.4) is 0 Å². The maximum atomic E-state index is 5.77. The summed E-state index contributed by atoms with van der Waals surface area (Å²) in [6, 6.07) is 3.85. The molecule has 0 aliphatic carbocycles. The molecule has 1 aromatic carbocycles. The normalized spacial score (nSPS) is 15.1. The van der Waals surface area contributed by atoms with Gasteiger partial charge in [-0.05, 0) is 0 Å². The Balaban J connectivity index is 2.12. The first-order chi connectivity index (χ1) is 8.60. The number of aromatic amines is 1. The molecule has 3 rings (SSSR count). The third kappa shape index (κ3) is 1.71. The predicted octanol–water partition coefficient (Wildman–Crippen LogP) is 1.57. The molecule has 1 aliphatic heterocycles. The lowest BCUT2D eigenvalue weighted by molar-refractivity contribution is 0.172. The van der Waals surface area contributed by atoms with E-state index in [1.807, 2.05) is 12.1 Å². The van der Waals surface area contributed by atoms with E-state index in [9.17, 15) is 0 Å². The fraction of sp³-hybridized carbons (Fsp3) is 0.462. The largest absolute Gasteiger partial charge is 0.486 e. The van der Waals surface area contributed by atoms with Crippen LogP contribution in [0.2, 0.25) is 0 Å². The third-order valence-electron chi connectivity index (χ3n) is 3.30. The Bertz CT molecular complexity index is 546. The molecular weight excluding hydrogens is 230 g/mol. The maximum absolute atomic E-state index is 5.77. The zero-order valence-corrected chi connectivity index (χ0v) is 10.6. The molecule has 0 saturated carbocycles. The van der Waals surface area contributed by atoms with E-state index in [1.165, 1.54) is 0 Å². The Kier molecular flexibility index (Phi) is 2.45. The first-order valence-corrected chi connectivity index (χ1v) is 6.10. The van der Waals surface area contributed by atoms with Crippen molar-refractivity contribution < 1.29 is 9.47 Å². The first kappa shape index (κ1) is 11.3. The van der Waals surface area contributed by atoms with E-state index in [4.69, 9.17) is 15.2 Å². The molecule has 1 aromatic heterocycles. The van der Waals surface area contributed by atoms with Crippen molar-refractivity contribution >= 4 is 11.0 Å². The van der Waals surface area contributed by atoms with E-state index in [0.29, 0.717) is 19.8 Å². The van der Waals surface area contributed by atoms with Gasteiger partial charge in [0, 0.05) is 24.1 Å². The molecule has 0 bridgehead atoms. The number of benzene rings is 1. The van der Waals surface area contributed by atoms with E-state index in [1.54, 1.807) is 0 Å². The fourth-order valence-corrected chi connectivity index (χ4v) is 1.96. The second kappa shape index (κ2) is 3.88. The van der Waals surface area contributed by atoms with Crippen molar-refractivity contribution in [3.8, 4) is 11.5 Å². The lowest BCUT2D eigenvalue weighted by Crippen LogP contribution is -2.29. The molecule has 0 unspecified atom stereocenters. The molecule has 2 heterocycles.